The molecule has 4 aliphatic rings. The number of nitrogens with one attached hydrogen (secondary N) is 1. The van der Waals surface area contributed by atoms with Crippen LogP contribution in [0.4, 0.5) is 0 Å². The second kappa shape index (κ2) is 8.18. The molecule has 1 nitrogen and oxygen atoms in total. The lowest BCUT2D eigenvalue weighted by molar-refractivity contribution is 0.00475. The Labute approximate surface area is 181 Å². The second-order valence-corrected chi connectivity index (χ2v) is 11.6. The van der Waals surface area contributed by atoms with Crippen molar-refractivity contribution in [3.63, 3.8) is 0 Å². The van der Waals surface area contributed by atoms with Crippen LogP contribution in [0.3, 0.4) is 0 Å². The molecule has 6 heteroatoms. The molecule has 4 fully saturated rings. The van der Waals surface area contributed by atoms with Gasteiger partial charge in [0.25, 0.3) is 0 Å². The maximum absolute atomic E-state index is 6.67. The third-order valence-electron chi connectivity index (χ3n) is 8.73. The van der Waals surface area contributed by atoms with Crippen molar-refractivity contribution in [2.75, 3.05) is 6.54 Å². The minimum atomic E-state index is -0.218. The summed E-state index contributed by atoms with van der Waals surface area (Å²) in [6.45, 7) is 1.07. The molecule has 0 aromatic heterocycles. The van der Waals surface area contributed by atoms with Gasteiger partial charge in [0.15, 0.2) is 0 Å². The normalized spacial score (nSPS) is 47.9. The van der Waals surface area contributed by atoms with Crippen molar-refractivity contribution in [3.05, 3.63) is 0 Å². The number of piperidine rings is 1. The Bertz CT molecular complexity index is 536. The molecule has 0 aromatic carbocycles. The summed E-state index contributed by atoms with van der Waals surface area (Å²) in [5.74, 6) is 3.57. The molecule has 0 amide bonds. The van der Waals surface area contributed by atoms with Crippen molar-refractivity contribution < 1.29 is 0 Å². The van der Waals surface area contributed by atoms with Gasteiger partial charge in [0.2, 0.25) is 0 Å². The molecule has 144 valence electrons. The van der Waals surface area contributed by atoms with E-state index >= 15 is 0 Å². The maximum atomic E-state index is 6.67. The highest BCUT2D eigenvalue weighted by atomic mass is 32.1. The van der Waals surface area contributed by atoms with Crippen LogP contribution in [-0.2, 0) is 0 Å². The molecule has 6 radical (unpaired) electrons. The van der Waals surface area contributed by atoms with E-state index in [4.69, 9.17) is 48.8 Å². The zero-order valence-electron chi connectivity index (χ0n) is 16.7. The van der Waals surface area contributed by atoms with Crippen molar-refractivity contribution in [1.29, 1.82) is 0 Å². The Morgan fingerprint density at radius 3 is 2.52 bits per heavy atom. The molecular formula is C21H34B3NS2. The summed E-state index contributed by atoms with van der Waals surface area (Å²) < 4.78 is 0.251. The largest absolute Gasteiger partial charge is 0.302 e. The van der Waals surface area contributed by atoms with Crippen molar-refractivity contribution >= 4 is 48.8 Å². The summed E-state index contributed by atoms with van der Waals surface area (Å²) >= 11 is 10.7. The lowest BCUT2D eigenvalue weighted by Crippen LogP contribution is -2.65. The molecule has 0 aromatic rings. The average Bonchev–Trinajstić information content (AvgIpc) is 2.98. The Kier molecular flexibility index (Phi) is 6.39. The number of hydrogen-bond donors (Lipinski definition) is 3. The summed E-state index contributed by atoms with van der Waals surface area (Å²) in [6, 6.07) is 0. The first-order valence-corrected chi connectivity index (χ1v) is 12.2. The van der Waals surface area contributed by atoms with Gasteiger partial charge >= 0.3 is 0 Å². The monoisotopic (exact) mass is 397 g/mol. The summed E-state index contributed by atoms with van der Waals surface area (Å²) in [7, 11) is 18.1. The minimum Gasteiger partial charge on any atom is -0.302 e. The van der Waals surface area contributed by atoms with Crippen LogP contribution in [0.15, 0.2) is 0 Å². The highest BCUT2D eigenvalue weighted by molar-refractivity contribution is 7.82. The van der Waals surface area contributed by atoms with E-state index in [-0.39, 0.29) is 21.2 Å². The van der Waals surface area contributed by atoms with Gasteiger partial charge in [0.1, 0.15) is 0 Å². The number of rotatable bonds is 5. The van der Waals surface area contributed by atoms with Crippen LogP contribution in [-0.4, -0.2) is 39.7 Å². The zero-order valence-corrected chi connectivity index (χ0v) is 18.4. The van der Waals surface area contributed by atoms with Crippen LogP contribution in [0.1, 0.15) is 70.6 Å². The Morgan fingerprint density at radius 2 is 1.74 bits per heavy atom. The summed E-state index contributed by atoms with van der Waals surface area (Å²) in [5.41, 5.74) is -0.218. The highest BCUT2D eigenvalue weighted by Gasteiger charge is 2.61. The Hall–Kier alpha value is 0.855. The van der Waals surface area contributed by atoms with Crippen LogP contribution in [0, 0.1) is 29.6 Å². The predicted molar refractivity (Wildman–Crippen MR) is 124 cm³/mol. The quantitative estimate of drug-likeness (QED) is 0.464. The lowest BCUT2D eigenvalue weighted by atomic mass is 9.55. The first-order chi connectivity index (χ1) is 12.9. The first-order valence-electron chi connectivity index (χ1n) is 11.3. The topological polar surface area (TPSA) is 12.0 Å². The zero-order chi connectivity index (χ0) is 19.2. The van der Waals surface area contributed by atoms with Crippen molar-refractivity contribution in [3.8, 4) is 0 Å². The van der Waals surface area contributed by atoms with Crippen LogP contribution in [0.25, 0.3) is 0 Å². The van der Waals surface area contributed by atoms with Crippen molar-refractivity contribution in [2.24, 2.45) is 29.6 Å². The van der Waals surface area contributed by atoms with E-state index in [1.807, 2.05) is 0 Å². The van der Waals surface area contributed by atoms with E-state index in [0.29, 0.717) is 17.8 Å². The van der Waals surface area contributed by atoms with E-state index in [9.17, 15) is 0 Å². The summed E-state index contributed by atoms with van der Waals surface area (Å²) in [6.07, 6.45) is 13.5. The number of thiol groups is 2. The fourth-order valence-electron chi connectivity index (χ4n) is 7.39. The average molecular weight is 397 g/mol. The maximum Gasteiger partial charge on any atom is 0.0704 e. The third-order valence-corrected chi connectivity index (χ3v) is 10.5. The van der Waals surface area contributed by atoms with Gasteiger partial charge in [-0.2, -0.15) is 25.3 Å². The standard InChI is InChI=1S/C21H34B3NS2/c22-18(5-3-6-19(23)24)16-10-9-15-14-8-7-13-4-1-2-11-20(13,26)17(14)12-25-21(15,16)27/h13-19,25-27H,1-12H2. The molecule has 0 spiro atoms. The van der Waals surface area contributed by atoms with Gasteiger partial charge in [-0.3, -0.25) is 0 Å². The Balaban J connectivity index is 1.46. The SMILES string of the molecule is [B]C([B])CCCC([B])C1CCC2C3CCC4CCCCC4(S)C3CNC12S. The number of hydrogen-bond acceptors (Lipinski definition) is 3. The molecule has 1 N–H and O–H groups in total. The van der Waals surface area contributed by atoms with Crippen LogP contribution < -0.4 is 5.32 Å². The van der Waals surface area contributed by atoms with Crippen LogP contribution in [0.5, 0.6) is 0 Å². The minimum absolute atomic E-state index is 0.100. The smallest absolute Gasteiger partial charge is 0.0704 e. The van der Waals surface area contributed by atoms with E-state index < -0.39 is 0 Å². The van der Waals surface area contributed by atoms with Crippen LogP contribution in [0.2, 0.25) is 11.5 Å². The molecule has 27 heavy (non-hydrogen) atoms. The summed E-state index contributed by atoms with van der Waals surface area (Å²) in [4.78, 5) is -0.100. The van der Waals surface area contributed by atoms with Gasteiger partial charge in [-0.05, 0) is 68.1 Å². The molecule has 0 bridgehead atoms. The predicted octanol–water partition coefficient (Wildman–Crippen LogP) is 4.34. The van der Waals surface area contributed by atoms with Crippen molar-refractivity contribution in [1.82, 2.24) is 5.32 Å². The molecule has 1 heterocycles. The lowest BCUT2D eigenvalue weighted by Gasteiger charge is -2.60. The first kappa shape index (κ1) is 21.1. The van der Waals surface area contributed by atoms with Gasteiger partial charge in [0, 0.05) is 11.3 Å². The fourth-order valence-corrected chi connectivity index (χ4v) is 8.82. The fraction of sp³-hybridized carbons (Fsp3) is 1.00. The molecule has 3 aliphatic carbocycles. The number of fused-ring (bicyclic) bond motifs is 5. The molecular weight excluding hydrogens is 363 g/mol. The van der Waals surface area contributed by atoms with E-state index in [1.54, 1.807) is 0 Å². The highest BCUT2D eigenvalue weighted by Crippen LogP contribution is 2.62. The van der Waals surface area contributed by atoms with E-state index in [0.717, 1.165) is 37.6 Å². The van der Waals surface area contributed by atoms with E-state index in [1.165, 1.54) is 51.4 Å². The molecule has 3 saturated carbocycles. The van der Waals surface area contributed by atoms with Gasteiger partial charge in [-0.1, -0.05) is 37.9 Å². The molecule has 1 saturated heterocycles. The molecule has 4 rings (SSSR count). The molecule has 1 aliphatic heterocycles. The van der Waals surface area contributed by atoms with Gasteiger partial charge in [0.05, 0.1) is 28.4 Å². The molecule has 8 atom stereocenters. The third kappa shape index (κ3) is 3.71. The Morgan fingerprint density at radius 1 is 0.926 bits per heavy atom. The second-order valence-electron chi connectivity index (χ2n) is 10.0. The molecule has 8 unspecified atom stereocenters. The van der Waals surface area contributed by atoms with Crippen LogP contribution >= 0.6 is 25.3 Å². The van der Waals surface area contributed by atoms with Gasteiger partial charge < -0.3 is 5.32 Å². The summed E-state index contributed by atoms with van der Waals surface area (Å²) in [5, 5.41) is 3.93. The van der Waals surface area contributed by atoms with E-state index in [2.05, 4.69) is 5.32 Å². The van der Waals surface area contributed by atoms with Gasteiger partial charge in [-0.15, -0.1) is 5.72 Å². The van der Waals surface area contributed by atoms with Gasteiger partial charge in [-0.25, -0.2) is 0 Å². The van der Waals surface area contributed by atoms with Crippen molar-refractivity contribution in [2.45, 2.75) is 91.8 Å².